The van der Waals surface area contributed by atoms with Crippen LogP contribution in [0.25, 0.3) is 10.8 Å². The van der Waals surface area contributed by atoms with Crippen molar-refractivity contribution in [2.45, 2.75) is 20.3 Å². The Morgan fingerprint density at radius 3 is 2.53 bits per heavy atom. The average molecular weight is 255 g/mol. The van der Waals surface area contributed by atoms with Crippen molar-refractivity contribution in [2.75, 3.05) is 6.54 Å². The van der Waals surface area contributed by atoms with Gasteiger partial charge >= 0.3 is 0 Å². The molecule has 0 unspecified atom stereocenters. The number of fused-ring (bicyclic) bond motifs is 1. The Balaban J connectivity index is 2.38. The van der Waals surface area contributed by atoms with Gasteiger partial charge in [-0.25, -0.2) is 0 Å². The van der Waals surface area contributed by atoms with E-state index in [0.29, 0.717) is 6.54 Å². The second-order valence-electron chi connectivity index (χ2n) is 4.65. The molecule has 0 fully saturated rings. The highest BCUT2D eigenvalue weighted by Gasteiger charge is 2.07. The fourth-order valence-corrected chi connectivity index (χ4v) is 2.17. The maximum Gasteiger partial charge on any atom is 0.216 e. The number of amides is 1. The molecular weight excluding hydrogens is 238 g/mol. The summed E-state index contributed by atoms with van der Waals surface area (Å²) in [5.74, 6) is 0.0264. The molecule has 0 saturated carbocycles. The highest BCUT2D eigenvalue weighted by Crippen LogP contribution is 2.22. The van der Waals surface area contributed by atoms with Gasteiger partial charge in [0.2, 0.25) is 5.91 Å². The zero-order valence-corrected chi connectivity index (χ0v) is 11.2. The van der Waals surface area contributed by atoms with Crippen LogP contribution < -0.4 is 5.32 Å². The zero-order valence-electron chi connectivity index (χ0n) is 11.2. The second-order valence-corrected chi connectivity index (χ2v) is 4.65. The van der Waals surface area contributed by atoms with Gasteiger partial charge in [-0.1, -0.05) is 24.3 Å². The first-order valence-electron chi connectivity index (χ1n) is 6.35. The van der Waals surface area contributed by atoms with E-state index in [2.05, 4.69) is 5.32 Å². The van der Waals surface area contributed by atoms with Crippen LogP contribution in [0.5, 0.6) is 0 Å². The van der Waals surface area contributed by atoms with Gasteiger partial charge in [-0.05, 0) is 41.8 Å². The molecule has 2 rings (SSSR count). The molecule has 1 amide bonds. The normalized spacial score (nSPS) is 10.4. The summed E-state index contributed by atoms with van der Waals surface area (Å²) in [6, 6.07) is 11.8. The van der Waals surface area contributed by atoms with Crippen LogP contribution in [0.3, 0.4) is 0 Å². The number of Topliss-reactive ketones (excluding diaryl/α,β-unsaturated/α-hetero) is 1. The summed E-state index contributed by atoms with van der Waals surface area (Å²) in [5, 5.41) is 4.98. The number of rotatable bonds is 4. The minimum Gasteiger partial charge on any atom is -0.356 e. The van der Waals surface area contributed by atoms with Crippen molar-refractivity contribution in [3.63, 3.8) is 0 Å². The summed E-state index contributed by atoms with van der Waals surface area (Å²) in [7, 11) is 0. The predicted molar refractivity (Wildman–Crippen MR) is 76.3 cm³/mol. The fraction of sp³-hybridized carbons (Fsp3) is 0.250. The smallest absolute Gasteiger partial charge is 0.216 e. The van der Waals surface area contributed by atoms with Crippen LogP contribution in [0.15, 0.2) is 36.4 Å². The lowest BCUT2D eigenvalue weighted by atomic mass is 9.97. The standard InChI is InChI=1S/C16H17NO2/c1-11(18)15-9-13-5-3-4-6-16(13)14(10-15)7-8-17-12(2)19/h3-6,9-10H,7-8H2,1-2H3,(H,17,19). The Labute approximate surface area is 112 Å². The molecule has 0 atom stereocenters. The third kappa shape index (κ3) is 3.19. The SMILES string of the molecule is CC(=O)NCCc1cc(C(C)=O)cc2ccccc12. The minimum absolute atomic E-state index is 0.0352. The summed E-state index contributed by atoms with van der Waals surface area (Å²) >= 11 is 0. The van der Waals surface area contributed by atoms with Crippen molar-refractivity contribution < 1.29 is 9.59 Å². The number of benzene rings is 2. The number of nitrogens with one attached hydrogen (secondary N) is 1. The summed E-state index contributed by atoms with van der Waals surface area (Å²) in [6.45, 7) is 3.66. The molecule has 0 spiro atoms. The molecule has 0 aliphatic carbocycles. The Bertz CT molecular complexity index is 632. The Morgan fingerprint density at radius 2 is 1.84 bits per heavy atom. The molecular formula is C16H17NO2. The molecule has 3 heteroatoms. The van der Waals surface area contributed by atoms with E-state index in [1.165, 1.54) is 6.92 Å². The van der Waals surface area contributed by atoms with Gasteiger partial charge in [-0.15, -0.1) is 0 Å². The average Bonchev–Trinajstić information content (AvgIpc) is 2.38. The fourth-order valence-electron chi connectivity index (χ4n) is 2.17. The van der Waals surface area contributed by atoms with E-state index >= 15 is 0 Å². The summed E-state index contributed by atoms with van der Waals surface area (Å²) in [6.07, 6.45) is 0.723. The number of hydrogen-bond acceptors (Lipinski definition) is 2. The monoisotopic (exact) mass is 255 g/mol. The van der Waals surface area contributed by atoms with E-state index in [9.17, 15) is 9.59 Å². The largest absolute Gasteiger partial charge is 0.356 e. The molecule has 19 heavy (non-hydrogen) atoms. The third-order valence-electron chi connectivity index (χ3n) is 3.12. The zero-order chi connectivity index (χ0) is 13.8. The van der Waals surface area contributed by atoms with Gasteiger partial charge < -0.3 is 5.32 Å². The van der Waals surface area contributed by atoms with Crippen LogP contribution in [0.1, 0.15) is 29.8 Å². The molecule has 0 aliphatic rings. The maximum atomic E-state index is 11.6. The van der Waals surface area contributed by atoms with Crippen LogP contribution in [0, 0.1) is 0 Å². The van der Waals surface area contributed by atoms with Gasteiger partial charge in [0.1, 0.15) is 0 Å². The number of carbonyl (C=O) groups excluding carboxylic acids is 2. The molecule has 0 heterocycles. The van der Waals surface area contributed by atoms with Gasteiger partial charge in [0.15, 0.2) is 5.78 Å². The highest BCUT2D eigenvalue weighted by atomic mass is 16.1. The molecule has 2 aromatic carbocycles. The quantitative estimate of drug-likeness (QED) is 0.854. The number of carbonyl (C=O) groups is 2. The first-order valence-corrected chi connectivity index (χ1v) is 6.35. The van der Waals surface area contributed by atoms with Gasteiger partial charge in [0.25, 0.3) is 0 Å². The molecule has 0 aromatic heterocycles. The van der Waals surface area contributed by atoms with Gasteiger partial charge in [-0.3, -0.25) is 9.59 Å². The van der Waals surface area contributed by atoms with Crippen molar-refractivity contribution in [3.8, 4) is 0 Å². The third-order valence-corrected chi connectivity index (χ3v) is 3.12. The van der Waals surface area contributed by atoms with E-state index in [4.69, 9.17) is 0 Å². The molecule has 0 aliphatic heterocycles. The van der Waals surface area contributed by atoms with Crippen molar-refractivity contribution in [3.05, 3.63) is 47.5 Å². The predicted octanol–water partition coefficient (Wildman–Crippen LogP) is 2.72. The first-order chi connectivity index (χ1) is 9.08. The van der Waals surface area contributed by atoms with Crippen LogP contribution >= 0.6 is 0 Å². The Kier molecular flexibility index (Phi) is 3.95. The first kappa shape index (κ1) is 13.3. The molecule has 98 valence electrons. The van der Waals surface area contributed by atoms with E-state index in [1.54, 1.807) is 6.92 Å². The Hall–Kier alpha value is -2.16. The lowest BCUT2D eigenvalue weighted by Crippen LogP contribution is -2.22. The lowest BCUT2D eigenvalue weighted by molar-refractivity contribution is -0.118. The van der Waals surface area contributed by atoms with Crippen LogP contribution in [-0.4, -0.2) is 18.2 Å². The van der Waals surface area contributed by atoms with E-state index in [-0.39, 0.29) is 11.7 Å². The molecule has 0 saturated heterocycles. The molecule has 0 bridgehead atoms. The van der Waals surface area contributed by atoms with Crippen molar-refractivity contribution in [2.24, 2.45) is 0 Å². The maximum absolute atomic E-state index is 11.6. The van der Waals surface area contributed by atoms with Crippen molar-refractivity contribution in [1.29, 1.82) is 0 Å². The number of ketones is 1. The van der Waals surface area contributed by atoms with E-state index in [0.717, 1.165) is 28.3 Å². The summed E-state index contributed by atoms with van der Waals surface area (Å²) in [4.78, 5) is 22.5. The minimum atomic E-state index is -0.0352. The molecule has 3 nitrogen and oxygen atoms in total. The molecule has 1 N–H and O–H groups in total. The Morgan fingerprint density at radius 1 is 1.11 bits per heavy atom. The van der Waals surface area contributed by atoms with E-state index in [1.807, 2.05) is 36.4 Å². The van der Waals surface area contributed by atoms with E-state index < -0.39 is 0 Å². The van der Waals surface area contributed by atoms with Crippen LogP contribution in [0.4, 0.5) is 0 Å². The van der Waals surface area contributed by atoms with Gasteiger partial charge in [0, 0.05) is 19.0 Å². The van der Waals surface area contributed by atoms with Crippen molar-refractivity contribution >= 4 is 22.5 Å². The molecule has 0 radical (unpaired) electrons. The lowest BCUT2D eigenvalue weighted by Gasteiger charge is -2.09. The highest BCUT2D eigenvalue weighted by molar-refractivity contribution is 5.99. The van der Waals surface area contributed by atoms with Crippen LogP contribution in [0.2, 0.25) is 0 Å². The molecule has 2 aromatic rings. The summed E-state index contributed by atoms with van der Waals surface area (Å²) < 4.78 is 0. The second kappa shape index (κ2) is 5.65. The summed E-state index contributed by atoms with van der Waals surface area (Å²) in [5.41, 5.74) is 1.81. The number of hydrogen-bond donors (Lipinski definition) is 1. The topological polar surface area (TPSA) is 46.2 Å². The van der Waals surface area contributed by atoms with Gasteiger partial charge in [-0.2, -0.15) is 0 Å². The van der Waals surface area contributed by atoms with Gasteiger partial charge in [0.05, 0.1) is 0 Å². The van der Waals surface area contributed by atoms with Crippen molar-refractivity contribution in [1.82, 2.24) is 5.32 Å². The van der Waals surface area contributed by atoms with Crippen LogP contribution in [-0.2, 0) is 11.2 Å².